The van der Waals surface area contributed by atoms with E-state index in [0.717, 1.165) is 17.3 Å². The van der Waals surface area contributed by atoms with Crippen LogP contribution in [0, 0.1) is 0 Å². The van der Waals surface area contributed by atoms with Gasteiger partial charge in [0.15, 0.2) is 5.17 Å². The Labute approximate surface area is 201 Å². The molecule has 3 N–H and O–H groups in total. The number of nitrogens with one attached hydrogen (secondary N) is 1. The minimum atomic E-state index is -0.632. The maximum Gasteiger partial charge on any atom is 0.283 e. The second-order valence-electron chi connectivity index (χ2n) is 7.47. The predicted molar refractivity (Wildman–Crippen MR) is 136 cm³/mol. The number of amides is 3. The van der Waals surface area contributed by atoms with Crippen molar-refractivity contribution in [3.8, 4) is 0 Å². The molecule has 0 spiro atoms. The van der Waals surface area contributed by atoms with Crippen molar-refractivity contribution in [2.75, 3.05) is 10.2 Å². The molecule has 170 valence electrons. The zero-order valence-corrected chi connectivity index (χ0v) is 19.2. The quantitative estimate of drug-likeness (QED) is 0.524. The average molecular weight is 471 g/mol. The molecular weight excluding hydrogens is 448 g/mol. The Balaban J connectivity index is 1.60. The number of anilines is 2. The van der Waals surface area contributed by atoms with Crippen molar-refractivity contribution in [3.05, 3.63) is 102 Å². The van der Waals surface area contributed by atoms with E-state index in [4.69, 9.17) is 5.73 Å². The number of carbonyl (C=O) groups excluding carboxylic acids is 3. The largest absolute Gasteiger partial charge is 0.366 e. The fourth-order valence-electron chi connectivity index (χ4n) is 3.34. The predicted octanol–water partition coefficient (Wildman–Crippen LogP) is 4.29. The Morgan fingerprint density at radius 1 is 0.971 bits per heavy atom. The third-order valence-electron chi connectivity index (χ3n) is 5.05. The number of hydrogen-bond donors (Lipinski definition) is 2. The summed E-state index contributed by atoms with van der Waals surface area (Å²) in [6, 6.07) is 25.1. The van der Waals surface area contributed by atoms with Crippen LogP contribution in [0.2, 0.25) is 0 Å². The fourth-order valence-corrected chi connectivity index (χ4v) is 4.27. The highest BCUT2D eigenvalue weighted by Crippen LogP contribution is 2.31. The SMILES string of the molecule is CC(SC1=N/C(=C/c2ccccc2)C(=O)N1c1ccccc1)C(=O)Nc1ccccc1C(N)=O. The Hall–Kier alpha value is -4.17. The van der Waals surface area contributed by atoms with E-state index in [1.807, 2.05) is 60.7 Å². The number of rotatable bonds is 6. The molecule has 8 heteroatoms. The molecule has 1 unspecified atom stereocenters. The molecule has 3 aromatic carbocycles. The van der Waals surface area contributed by atoms with Gasteiger partial charge in [0.25, 0.3) is 11.8 Å². The first-order valence-electron chi connectivity index (χ1n) is 10.6. The topological polar surface area (TPSA) is 105 Å². The van der Waals surface area contributed by atoms with Crippen molar-refractivity contribution < 1.29 is 14.4 Å². The highest BCUT2D eigenvalue weighted by atomic mass is 32.2. The molecule has 3 aromatic rings. The first kappa shape index (κ1) is 23.0. The third-order valence-corrected chi connectivity index (χ3v) is 6.10. The first-order valence-corrected chi connectivity index (χ1v) is 11.4. The van der Waals surface area contributed by atoms with E-state index < -0.39 is 11.2 Å². The van der Waals surface area contributed by atoms with E-state index in [2.05, 4.69) is 10.3 Å². The molecule has 0 saturated carbocycles. The Morgan fingerprint density at radius 2 is 1.59 bits per heavy atom. The summed E-state index contributed by atoms with van der Waals surface area (Å²) in [5.41, 5.74) is 7.75. The number of thioether (sulfide) groups is 1. The molecule has 1 aliphatic heterocycles. The van der Waals surface area contributed by atoms with Crippen LogP contribution in [0.1, 0.15) is 22.8 Å². The van der Waals surface area contributed by atoms with Gasteiger partial charge in [-0.1, -0.05) is 72.4 Å². The monoisotopic (exact) mass is 470 g/mol. The lowest BCUT2D eigenvalue weighted by Crippen LogP contribution is -2.33. The third kappa shape index (κ3) is 5.07. The van der Waals surface area contributed by atoms with Gasteiger partial charge in [0.1, 0.15) is 5.70 Å². The van der Waals surface area contributed by atoms with Crippen molar-refractivity contribution in [3.63, 3.8) is 0 Å². The summed E-state index contributed by atoms with van der Waals surface area (Å²) in [4.78, 5) is 43.9. The second-order valence-corrected chi connectivity index (χ2v) is 8.78. The lowest BCUT2D eigenvalue weighted by Gasteiger charge is -2.20. The van der Waals surface area contributed by atoms with Gasteiger partial charge in [-0.15, -0.1) is 0 Å². The number of primary amides is 1. The lowest BCUT2D eigenvalue weighted by atomic mass is 10.1. The molecule has 7 nitrogen and oxygen atoms in total. The van der Waals surface area contributed by atoms with Crippen LogP contribution in [0.5, 0.6) is 0 Å². The highest BCUT2D eigenvalue weighted by Gasteiger charge is 2.34. The molecule has 0 saturated heterocycles. The molecule has 0 bridgehead atoms. The van der Waals surface area contributed by atoms with Gasteiger partial charge in [-0.2, -0.15) is 0 Å². The van der Waals surface area contributed by atoms with Crippen LogP contribution in [-0.2, 0) is 9.59 Å². The number of benzene rings is 3. The van der Waals surface area contributed by atoms with Crippen LogP contribution >= 0.6 is 11.8 Å². The van der Waals surface area contributed by atoms with Crippen LogP contribution in [-0.4, -0.2) is 28.1 Å². The van der Waals surface area contributed by atoms with Crippen LogP contribution in [0.3, 0.4) is 0 Å². The molecule has 0 fully saturated rings. The van der Waals surface area contributed by atoms with Crippen molar-refractivity contribution in [2.24, 2.45) is 10.7 Å². The second kappa shape index (κ2) is 10.2. The lowest BCUT2D eigenvalue weighted by molar-refractivity contribution is -0.115. The Kier molecular flexibility index (Phi) is 6.89. The molecule has 34 heavy (non-hydrogen) atoms. The van der Waals surface area contributed by atoms with Gasteiger partial charge in [-0.25, -0.2) is 4.99 Å². The smallest absolute Gasteiger partial charge is 0.283 e. The van der Waals surface area contributed by atoms with Crippen molar-refractivity contribution in [2.45, 2.75) is 12.2 Å². The van der Waals surface area contributed by atoms with E-state index in [1.54, 1.807) is 37.3 Å². The summed E-state index contributed by atoms with van der Waals surface area (Å²) in [5, 5.41) is 2.53. The van der Waals surface area contributed by atoms with Crippen molar-refractivity contribution >= 4 is 52.1 Å². The minimum absolute atomic E-state index is 0.223. The number of para-hydroxylation sites is 2. The summed E-state index contributed by atoms with van der Waals surface area (Å²) in [6.07, 6.45) is 1.72. The van der Waals surface area contributed by atoms with Gasteiger partial charge in [0, 0.05) is 0 Å². The van der Waals surface area contributed by atoms with Gasteiger partial charge in [-0.05, 0) is 42.8 Å². The number of carbonyl (C=O) groups is 3. The molecule has 0 radical (unpaired) electrons. The number of hydrogen-bond acceptors (Lipinski definition) is 5. The van der Waals surface area contributed by atoms with Gasteiger partial charge in [-0.3, -0.25) is 19.3 Å². The van der Waals surface area contributed by atoms with E-state index in [-0.39, 0.29) is 23.1 Å². The molecule has 1 atom stereocenters. The van der Waals surface area contributed by atoms with Crippen molar-refractivity contribution in [1.29, 1.82) is 0 Å². The van der Waals surface area contributed by atoms with Crippen LogP contribution in [0.25, 0.3) is 6.08 Å². The van der Waals surface area contributed by atoms with E-state index in [1.165, 1.54) is 4.90 Å². The normalized spacial score (nSPS) is 15.2. The summed E-state index contributed by atoms with van der Waals surface area (Å²) in [6.45, 7) is 1.71. The summed E-state index contributed by atoms with van der Waals surface area (Å²) in [5.74, 6) is -1.25. The number of nitrogens with zero attached hydrogens (tertiary/aromatic N) is 2. The Morgan fingerprint density at radius 3 is 2.26 bits per heavy atom. The number of amidine groups is 1. The van der Waals surface area contributed by atoms with Crippen LogP contribution in [0.4, 0.5) is 11.4 Å². The van der Waals surface area contributed by atoms with Crippen LogP contribution < -0.4 is 16.0 Å². The summed E-state index contributed by atoms with van der Waals surface area (Å²) < 4.78 is 0. The van der Waals surface area contributed by atoms with E-state index >= 15 is 0 Å². The van der Waals surface area contributed by atoms with Gasteiger partial charge >= 0.3 is 0 Å². The van der Waals surface area contributed by atoms with E-state index in [9.17, 15) is 14.4 Å². The van der Waals surface area contributed by atoms with Gasteiger partial charge < -0.3 is 11.1 Å². The zero-order valence-electron chi connectivity index (χ0n) is 18.3. The standard InChI is InChI=1S/C26H22N4O3S/c1-17(24(32)28-21-15-9-8-14-20(21)23(27)31)34-26-29-22(16-18-10-4-2-5-11-18)25(33)30(26)19-12-6-3-7-13-19/h2-17H,1H3,(H2,27,31)(H,28,32)/b22-16+. The molecule has 0 aromatic heterocycles. The fraction of sp³-hybridized carbons (Fsp3) is 0.0769. The zero-order chi connectivity index (χ0) is 24.1. The summed E-state index contributed by atoms with van der Waals surface area (Å²) >= 11 is 1.16. The number of aliphatic imine (C=N–C) groups is 1. The molecule has 1 heterocycles. The van der Waals surface area contributed by atoms with Gasteiger partial charge in [0.05, 0.1) is 22.2 Å². The molecular formula is C26H22N4O3S. The maximum atomic E-state index is 13.3. The highest BCUT2D eigenvalue weighted by molar-refractivity contribution is 8.15. The molecule has 3 amide bonds. The van der Waals surface area contributed by atoms with Crippen LogP contribution in [0.15, 0.2) is 95.6 Å². The van der Waals surface area contributed by atoms with Crippen molar-refractivity contribution in [1.82, 2.24) is 0 Å². The van der Waals surface area contributed by atoms with E-state index in [0.29, 0.717) is 16.5 Å². The van der Waals surface area contributed by atoms with Gasteiger partial charge in [0.2, 0.25) is 5.91 Å². The number of nitrogens with two attached hydrogens (primary N) is 1. The first-order chi connectivity index (χ1) is 16.4. The summed E-state index contributed by atoms with van der Waals surface area (Å²) in [7, 11) is 0. The maximum absolute atomic E-state index is 13.3. The molecule has 0 aliphatic carbocycles. The Bertz CT molecular complexity index is 1290. The minimum Gasteiger partial charge on any atom is -0.366 e. The molecule has 4 rings (SSSR count). The average Bonchev–Trinajstić information content (AvgIpc) is 3.14. The molecule has 1 aliphatic rings.